The quantitative estimate of drug-likeness (QED) is 0.649. The molecule has 0 aliphatic carbocycles. The van der Waals surface area contributed by atoms with Crippen LogP contribution in [0.25, 0.3) is 0 Å². The van der Waals surface area contributed by atoms with E-state index in [4.69, 9.17) is 16.3 Å². The van der Waals surface area contributed by atoms with Gasteiger partial charge in [-0.1, -0.05) is 24.6 Å². The third-order valence-electron chi connectivity index (χ3n) is 3.49. The van der Waals surface area contributed by atoms with E-state index in [1.807, 2.05) is 6.07 Å². The molecule has 2 rings (SSSR count). The summed E-state index contributed by atoms with van der Waals surface area (Å²) >= 11 is 7.22. The van der Waals surface area contributed by atoms with Crippen molar-refractivity contribution >= 4 is 44.8 Å². The number of thiophene rings is 1. The third-order valence-corrected chi connectivity index (χ3v) is 6.25. The van der Waals surface area contributed by atoms with Crippen LogP contribution in [0.4, 0.5) is 0 Å². The Balaban J connectivity index is 1.96. The highest BCUT2D eigenvalue weighted by Gasteiger charge is 2.18. The summed E-state index contributed by atoms with van der Waals surface area (Å²) in [5.74, 6) is -1.16. The second kappa shape index (κ2) is 9.32. The van der Waals surface area contributed by atoms with Gasteiger partial charge in [-0.2, -0.15) is 0 Å². The molecule has 0 fully saturated rings. The van der Waals surface area contributed by atoms with Gasteiger partial charge in [0.1, 0.15) is 0 Å². The average Bonchev–Trinajstić information content (AvgIpc) is 3.04. The second-order valence-electron chi connectivity index (χ2n) is 5.56. The van der Waals surface area contributed by atoms with E-state index in [1.54, 1.807) is 20.0 Å². The van der Waals surface area contributed by atoms with Crippen LogP contribution in [0.5, 0.6) is 0 Å². The van der Waals surface area contributed by atoms with Gasteiger partial charge in [0.15, 0.2) is 6.61 Å². The van der Waals surface area contributed by atoms with E-state index in [0.717, 1.165) is 4.88 Å². The maximum Gasteiger partial charge on any atom is 0.338 e. The molecule has 1 aromatic heterocycles. The summed E-state index contributed by atoms with van der Waals surface area (Å²) in [7, 11) is -2.10. The lowest BCUT2D eigenvalue weighted by atomic mass is 10.2. The standard InChI is InChI=1S/C17H19ClN2O5S2/c1-3-19-27(23,24)14-6-4-5-12(9-14)17(22)25-11-16(21)20(2)10-13-7-8-15(18)26-13/h4-9,19H,3,10-11H2,1-2H3. The number of ether oxygens (including phenoxy) is 1. The van der Waals surface area contributed by atoms with Gasteiger partial charge in [0.25, 0.3) is 5.91 Å². The van der Waals surface area contributed by atoms with Gasteiger partial charge >= 0.3 is 5.97 Å². The molecule has 0 aliphatic heterocycles. The highest BCUT2D eigenvalue weighted by Crippen LogP contribution is 2.22. The van der Waals surface area contributed by atoms with Crippen LogP contribution in [-0.2, 0) is 26.1 Å². The lowest BCUT2D eigenvalue weighted by Crippen LogP contribution is -2.30. The zero-order chi connectivity index (χ0) is 20.0. The van der Waals surface area contributed by atoms with Crippen LogP contribution in [0.15, 0.2) is 41.3 Å². The number of amides is 1. The Morgan fingerprint density at radius 3 is 2.63 bits per heavy atom. The summed E-state index contributed by atoms with van der Waals surface area (Å²) in [5, 5.41) is 0. The number of hydrogen-bond acceptors (Lipinski definition) is 6. The maximum absolute atomic E-state index is 12.1. The summed E-state index contributed by atoms with van der Waals surface area (Å²) in [6, 6.07) is 9.01. The van der Waals surface area contributed by atoms with E-state index in [9.17, 15) is 18.0 Å². The molecule has 2 aromatic rings. The van der Waals surface area contributed by atoms with Crippen molar-refractivity contribution in [2.45, 2.75) is 18.4 Å². The van der Waals surface area contributed by atoms with Crippen LogP contribution >= 0.6 is 22.9 Å². The highest BCUT2D eigenvalue weighted by molar-refractivity contribution is 7.89. The number of likely N-dealkylation sites (N-methyl/N-ethyl adjacent to an activating group) is 1. The molecule has 0 spiro atoms. The molecular formula is C17H19ClN2O5S2. The van der Waals surface area contributed by atoms with Crippen molar-refractivity contribution in [2.24, 2.45) is 0 Å². The Bertz CT molecular complexity index is 927. The molecule has 7 nitrogen and oxygen atoms in total. The first-order chi connectivity index (χ1) is 12.7. The van der Waals surface area contributed by atoms with Gasteiger partial charge in [0.05, 0.1) is 21.3 Å². The molecule has 10 heteroatoms. The number of rotatable bonds is 8. The fourth-order valence-electron chi connectivity index (χ4n) is 2.14. The van der Waals surface area contributed by atoms with Crippen LogP contribution in [-0.4, -0.2) is 45.4 Å². The molecule has 27 heavy (non-hydrogen) atoms. The molecule has 0 saturated heterocycles. The first-order valence-corrected chi connectivity index (χ1v) is 10.7. The van der Waals surface area contributed by atoms with Gasteiger partial charge in [-0.05, 0) is 30.3 Å². The number of benzene rings is 1. The molecule has 146 valence electrons. The minimum absolute atomic E-state index is 0.0446. The molecule has 1 amide bonds. The fraction of sp³-hybridized carbons (Fsp3) is 0.294. The Hall–Kier alpha value is -1.94. The molecule has 0 aliphatic rings. The Labute approximate surface area is 166 Å². The van der Waals surface area contributed by atoms with E-state index in [1.165, 1.54) is 40.5 Å². The summed E-state index contributed by atoms with van der Waals surface area (Å²) in [6.45, 7) is 1.79. The zero-order valence-corrected chi connectivity index (χ0v) is 17.2. The lowest BCUT2D eigenvalue weighted by molar-refractivity contribution is -0.133. The minimum atomic E-state index is -3.69. The van der Waals surface area contributed by atoms with Crippen molar-refractivity contribution in [1.82, 2.24) is 9.62 Å². The Kier molecular flexibility index (Phi) is 7.37. The van der Waals surface area contributed by atoms with E-state index in [-0.39, 0.29) is 22.9 Å². The highest BCUT2D eigenvalue weighted by atomic mass is 35.5. The van der Waals surface area contributed by atoms with E-state index in [2.05, 4.69) is 4.72 Å². The summed E-state index contributed by atoms with van der Waals surface area (Å²) < 4.78 is 32.0. The van der Waals surface area contributed by atoms with Crippen molar-refractivity contribution < 1.29 is 22.7 Å². The zero-order valence-electron chi connectivity index (χ0n) is 14.8. The smallest absolute Gasteiger partial charge is 0.338 e. The Morgan fingerprint density at radius 1 is 1.26 bits per heavy atom. The topological polar surface area (TPSA) is 92.8 Å². The number of esters is 1. The van der Waals surface area contributed by atoms with Crippen LogP contribution in [0.1, 0.15) is 22.2 Å². The van der Waals surface area contributed by atoms with Crippen molar-refractivity contribution in [3.05, 3.63) is 51.2 Å². The molecule has 1 heterocycles. The summed E-state index contributed by atoms with van der Waals surface area (Å²) in [6.07, 6.45) is 0. The van der Waals surface area contributed by atoms with E-state index < -0.39 is 22.6 Å². The second-order valence-corrected chi connectivity index (χ2v) is 9.13. The molecule has 0 unspecified atom stereocenters. The molecule has 1 aromatic carbocycles. The van der Waals surface area contributed by atoms with Gasteiger partial charge in [0, 0.05) is 18.5 Å². The molecule has 0 saturated carbocycles. The van der Waals surface area contributed by atoms with Gasteiger partial charge in [-0.3, -0.25) is 4.79 Å². The lowest BCUT2D eigenvalue weighted by Gasteiger charge is -2.16. The number of halogens is 1. The predicted octanol–water partition coefficient (Wildman–Crippen LogP) is 2.52. The normalized spacial score (nSPS) is 11.2. The largest absolute Gasteiger partial charge is 0.452 e. The molecule has 0 radical (unpaired) electrons. The van der Waals surface area contributed by atoms with E-state index in [0.29, 0.717) is 10.9 Å². The molecule has 0 atom stereocenters. The van der Waals surface area contributed by atoms with Gasteiger partial charge in [-0.25, -0.2) is 17.9 Å². The van der Waals surface area contributed by atoms with Crippen molar-refractivity contribution in [3.8, 4) is 0 Å². The number of nitrogens with one attached hydrogen (secondary N) is 1. The number of hydrogen-bond donors (Lipinski definition) is 1. The number of carbonyl (C=O) groups is 2. The molecular weight excluding hydrogens is 412 g/mol. The number of sulfonamides is 1. The first kappa shape index (κ1) is 21.4. The summed E-state index contributed by atoms with van der Waals surface area (Å²) in [4.78, 5) is 26.5. The van der Waals surface area contributed by atoms with Crippen LogP contribution < -0.4 is 4.72 Å². The van der Waals surface area contributed by atoms with Crippen LogP contribution in [0.3, 0.4) is 0 Å². The Morgan fingerprint density at radius 2 is 2.00 bits per heavy atom. The van der Waals surface area contributed by atoms with Gasteiger partial charge in [-0.15, -0.1) is 11.3 Å². The van der Waals surface area contributed by atoms with Crippen LogP contribution in [0.2, 0.25) is 4.34 Å². The molecule has 0 bridgehead atoms. The van der Waals surface area contributed by atoms with Crippen molar-refractivity contribution in [2.75, 3.05) is 20.2 Å². The number of nitrogens with zero attached hydrogens (tertiary/aromatic N) is 1. The summed E-state index contributed by atoms with van der Waals surface area (Å²) in [5.41, 5.74) is 0.0504. The predicted molar refractivity (Wildman–Crippen MR) is 103 cm³/mol. The monoisotopic (exact) mass is 430 g/mol. The maximum atomic E-state index is 12.1. The first-order valence-electron chi connectivity index (χ1n) is 7.98. The van der Waals surface area contributed by atoms with Gasteiger partial charge in [0.2, 0.25) is 10.0 Å². The van der Waals surface area contributed by atoms with E-state index >= 15 is 0 Å². The van der Waals surface area contributed by atoms with Crippen LogP contribution in [0, 0.1) is 0 Å². The SMILES string of the molecule is CCNS(=O)(=O)c1cccc(C(=O)OCC(=O)N(C)Cc2ccc(Cl)s2)c1. The minimum Gasteiger partial charge on any atom is -0.452 e. The fourth-order valence-corrected chi connectivity index (χ4v) is 4.37. The van der Waals surface area contributed by atoms with Gasteiger partial charge < -0.3 is 9.64 Å². The average molecular weight is 431 g/mol. The van der Waals surface area contributed by atoms with Crippen molar-refractivity contribution in [1.29, 1.82) is 0 Å². The van der Waals surface area contributed by atoms with Crippen molar-refractivity contribution in [3.63, 3.8) is 0 Å². The number of carbonyl (C=O) groups excluding carboxylic acids is 2. The molecule has 1 N–H and O–H groups in total. The third kappa shape index (κ3) is 6.03.